The second kappa shape index (κ2) is 7.65. The van der Waals surface area contributed by atoms with Gasteiger partial charge in [-0.05, 0) is 30.7 Å². The molecule has 0 spiro atoms. The SMILES string of the molecule is Cc1cc(Nc2ccccc2C#N)nc(NCc2ccccc2Cl)n1. The fourth-order valence-electron chi connectivity index (χ4n) is 2.36. The number of para-hydroxylation sites is 1. The van der Waals surface area contributed by atoms with Gasteiger partial charge in [0.15, 0.2) is 0 Å². The molecule has 2 N–H and O–H groups in total. The number of benzene rings is 2. The van der Waals surface area contributed by atoms with E-state index in [2.05, 4.69) is 26.7 Å². The summed E-state index contributed by atoms with van der Waals surface area (Å²) in [5.41, 5.74) is 3.05. The van der Waals surface area contributed by atoms with E-state index in [4.69, 9.17) is 11.6 Å². The third-order valence-corrected chi connectivity index (χ3v) is 3.93. The van der Waals surface area contributed by atoms with E-state index in [0.717, 1.165) is 11.3 Å². The Bertz CT molecular complexity index is 933. The summed E-state index contributed by atoms with van der Waals surface area (Å²) in [6.45, 7) is 2.42. The lowest BCUT2D eigenvalue weighted by atomic mass is 10.2. The van der Waals surface area contributed by atoms with Gasteiger partial charge in [0.2, 0.25) is 5.95 Å². The molecular weight excluding hydrogens is 334 g/mol. The Morgan fingerprint density at radius 1 is 1.08 bits per heavy atom. The standard InChI is InChI=1S/C19H16ClN5/c1-13-10-18(24-17-9-5-3-6-14(17)11-21)25-19(23-13)22-12-15-7-2-4-8-16(15)20/h2-10H,12H2,1H3,(H2,22,23,24,25). The van der Waals surface area contributed by atoms with Crippen LogP contribution in [0, 0.1) is 18.3 Å². The Kier molecular flexibility index (Phi) is 5.12. The van der Waals surface area contributed by atoms with Gasteiger partial charge in [-0.1, -0.05) is 41.9 Å². The van der Waals surface area contributed by atoms with Crippen LogP contribution in [0.4, 0.5) is 17.5 Å². The maximum atomic E-state index is 9.19. The van der Waals surface area contributed by atoms with Crippen molar-refractivity contribution in [2.45, 2.75) is 13.5 Å². The van der Waals surface area contributed by atoms with Gasteiger partial charge in [0.05, 0.1) is 11.3 Å². The van der Waals surface area contributed by atoms with E-state index >= 15 is 0 Å². The van der Waals surface area contributed by atoms with Gasteiger partial charge in [-0.15, -0.1) is 0 Å². The lowest BCUT2D eigenvalue weighted by Gasteiger charge is -2.11. The highest BCUT2D eigenvalue weighted by molar-refractivity contribution is 6.31. The fraction of sp³-hybridized carbons (Fsp3) is 0.105. The highest BCUT2D eigenvalue weighted by atomic mass is 35.5. The van der Waals surface area contributed by atoms with E-state index in [1.807, 2.05) is 55.5 Å². The first-order chi connectivity index (χ1) is 12.2. The zero-order valence-corrected chi connectivity index (χ0v) is 14.4. The number of halogens is 1. The number of anilines is 3. The molecule has 0 saturated heterocycles. The van der Waals surface area contributed by atoms with Crippen LogP contribution in [0.5, 0.6) is 0 Å². The van der Waals surface area contributed by atoms with Crippen LogP contribution in [0.2, 0.25) is 5.02 Å². The molecule has 0 unspecified atom stereocenters. The molecule has 2 aromatic carbocycles. The third kappa shape index (κ3) is 4.25. The van der Waals surface area contributed by atoms with Crippen LogP contribution >= 0.6 is 11.6 Å². The second-order valence-electron chi connectivity index (χ2n) is 5.45. The smallest absolute Gasteiger partial charge is 0.225 e. The van der Waals surface area contributed by atoms with E-state index in [-0.39, 0.29) is 0 Å². The molecule has 0 aliphatic carbocycles. The molecule has 0 aliphatic rings. The summed E-state index contributed by atoms with van der Waals surface area (Å²) in [4.78, 5) is 8.86. The van der Waals surface area contributed by atoms with Crippen molar-refractivity contribution in [1.29, 1.82) is 5.26 Å². The number of nitriles is 1. The number of nitrogens with zero attached hydrogens (tertiary/aromatic N) is 3. The first-order valence-electron chi connectivity index (χ1n) is 7.75. The molecular formula is C19H16ClN5. The highest BCUT2D eigenvalue weighted by Gasteiger charge is 2.06. The first kappa shape index (κ1) is 16.7. The zero-order valence-electron chi connectivity index (χ0n) is 13.6. The number of nitrogens with one attached hydrogen (secondary N) is 2. The van der Waals surface area contributed by atoms with Crippen molar-refractivity contribution in [3.05, 3.63) is 76.4 Å². The second-order valence-corrected chi connectivity index (χ2v) is 5.85. The van der Waals surface area contributed by atoms with Gasteiger partial charge in [-0.25, -0.2) is 4.98 Å². The van der Waals surface area contributed by atoms with Crippen molar-refractivity contribution in [3.8, 4) is 6.07 Å². The summed E-state index contributed by atoms with van der Waals surface area (Å²) < 4.78 is 0. The average Bonchev–Trinajstić information content (AvgIpc) is 2.61. The third-order valence-electron chi connectivity index (χ3n) is 3.56. The molecule has 5 nitrogen and oxygen atoms in total. The lowest BCUT2D eigenvalue weighted by molar-refractivity contribution is 1.03. The monoisotopic (exact) mass is 349 g/mol. The number of aromatic nitrogens is 2. The van der Waals surface area contributed by atoms with Crippen LogP contribution in [0.1, 0.15) is 16.8 Å². The fourth-order valence-corrected chi connectivity index (χ4v) is 2.56. The van der Waals surface area contributed by atoms with Crippen LogP contribution in [-0.4, -0.2) is 9.97 Å². The molecule has 1 aromatic heterocycles. The Labute approximate surface area is 151 Å². The first-order valence-corrected chi connectivity index (χ1v) is 8.12. The maximum Gasteiger partial charge on any atom is 0.225 e. The van der Waals surface area contributed by atoms with Crippen molar-refractivity contribution in [1.82, 2.24) is 9.97 Å². The molecule has 0 fully saturated rings. The predicted octanol–water partition coefficient (Wildman–Crippen LogP) is 4.67. The molecule has 124 valence electrons. The molecule has 0 atom stereocenters. The number of hydrogen-bond donors (Lipinski definition) is 2. The van der Waals surface area contributed by atoms with Crippen LogP contribution in [-0.2, 0) is 6.54 Å². The number of aryl methyl sites for hydroxylation is 1. The average molecular weight is 350 g/mol. The quantitative estimate of drug-likeness (QED) is 0.700. The Hall–Kier alpha value is -3.10. The van der Waals surface area contributed by atoms with Gasteiger partial charge in [-0.2, -0.15) is 10.2 Å². The topological polar surface area (TPSA) is 73.6 Å². The summed E-state index contributed by atoms with van der Waals surface area (Å²) >= 11 is 6.17. The van der Waals surface area contributed by atoms with Gasteiger partial charge < -0.3 is 10.6 Å². The minimum atomic E-state index is 0.497. The van der Waals surface area contributed by atoms with Gasteiger partial charge in [0.1, 0.15) is 11.9 Å². The molecule has 0 radical (unpaired) electrons. The highest BCUT2D eigenvalue weighted by Crippen LogP contribution is 2.21. The summed E-state index contributed by atoms with van der Waals surface area (Å²) in [5.74, 6) is 1.12. The van der Waals surface area contributed by atoms with Gasteiger partial charge in [0, 0.05) is 23.3 Å². The van der Waals surface area contributed by atoms with Crippen LogP contribution in [0.3, 0.4) is 0 Å². The van der Waals surface area contributed by atoms with Crippen molar-refractivity contribution < 1.29 is 0 Å². The Morgan fingerprint density at radius 3 is 2.64 bits per heavy atom. The van der Waals surface area contributed by atoms with Crippen molar-refractivity contribution in [2.24, 2.45) is 0 Å². The van der Waals surface area contributed by atoms with E-state index in [0.29, 0.717) is 34.6 Å². The predicted molar refractivity (Wildman–Crippen MR) is 100.0 cm³/mol. The minimum Gasteiger partial charge on any atom is -0.350 e. The zero-order chi connectivity index (χ0) is 17.6. The summed E-state index contributed by atoms with van der Waals surface area (Å²) in [5, 5.41) is 16.3. The normalized spacial score (nSPS) is 10.1. The molecule has 6 heteroatoms. The van der Waals surface area contributed by atoms with Gasteiger partial charge in [-0.3, -0.25) is 0 Å². The van der Waals surface area contributed by atoms with Crippen LogP contribution in [0.25, 0.3) is 0 Å². The van der Waals surface area contributed by atoms with Crippen LogP contribution < -0.4 is 10.6 Å². The Morgan fingerprint density at radius 2 is 1.84 bits per heavy atom. The van der Waals surface area contributed by atoms with E-state index < -0.39 is 0 Å². The van der Waals surface area contributed by atoms with Gasteiger partial charge in [0.25, 0.3) is 0 Å². The van der Waals surface area contributed by atoms with Crippen molar-refractivity contribution in [3.63, 3.8) is 0 Å². The summed E-state index contributed by atoms with van der Waals surface area (Å²) in [7, 11) is 0. The molecule has 0 amide bonds. The molecule has 25 heavy (non-hydrogen) atoms. The van der Waals surface area contributed by atoms with Gasteiger partial charge >= 0.3 is 0 Å². The number of hydrogen-bond acceptors (Lipinski definition) is 5. The molecule has 0 bridgehead atoms. The van der Waals surface area contributed by atoms with E-state index in [9.17, 15) is 5.26 Å². The van der Waals surface area contributed by atoms with Crippen LogP contribution in [0.15, 0.2) is 54.6 Å². The van der Waals surface area contributed by atoms with E-state index in [1.54, 1.807) is 6.07 Å². The summed E-state index contributed by atoms with van der Waals surface area (Å²) in [6, 6.07) is 18.9. The Balaban J connectivity index is 1.79. The molecule has 3 aromatic rings. The molecule has 1 heterocycles. The molecule has 0 aliphatic heterocycles. The number of rotatable bonds is 5. The summed E-state index contributed by atoms with van der Waals surface area (Å²) in [6.07, 6.45) is 0. The largest absolute Gasteiger partial charge is 0.350 e. The minimum absolute atomic E-state index is 0.497. The van der Waals surface area contributed by atoms with Crippen molar-refractivity contribution >= 4 is 29.1 Å². The molecule has 0 saturated carbocycles. The van der Waals surface area contributed by atoms with Crippen molar-refractivity contribution in [2.75, 3.05) is 10.6 Å². The van der Waals surface area contributed by atoms with E-state index in [1.165, 1.54) is 0 Å². The maximum absolute atomic E-state index is 9.19. The lowest BCUT2D eigenvalue weighted by Crippen LogP contribution is -2.07. The molecule has 3 rings (SSSR count).